The van der Waals surface area contributed by atoms with Gasteiger partial charge in [0.1, 0.15) is 5.75 Å². The van der Waals surface area contributed by atoms with Crippen molar-refractivity contribution < 1.29 is 23.5 Å². The lowest BCUT2D eigenvalue weighted by atomic mass is 9.94. The lowest BCUT2D eigenvalue weighted by Gasteiger charge is -2.23. The molecular weight excluding hydrogens is 531 g/mol. The van der Waals surface area contributed by atoms with Gasteiger partial charge in [-0.3, -0.25) is 9.59 Å². The Bertz CT molecular complexity index is 1440. The summed E-state index contributed by atoms with van der Waals surface area (Å²) in [4.78, 5) is 27.7. The number of nitrogens with zero attached hydrogens (tertiary/aromatic N) is 1. The van der Waals surface area contributed by atoms with Gasteiger partial charge in [0.15, 0.2) is 17.3 Å². The molecule has 6 nitrogen and oxygen atoms in total. The topological polar surface area (TPSA) is 67.9 Å². The lowest BCUT2D eigenvalue weighted by Crippen LogP contribution is -2.35. The van der Waals surface area contributed by atoms with Gasteiger partial charge in [0.25, 0.3) is 5.91 Å². The van der Waals surface area contributed by atoms with Crippen LogP contribution < -0.4 is 20.5 Å². The van der Waals surface area contributed by atoms with E-state index in [0.29, 0.717) is 42.4 Å². The van der Waals surface area contributed by atoms with Gasteiger partial charge in [-0.05, 0) is 85.4 Å². The SMILES string of the molecule is C=c1ccc(C(=O)NCCOC)c(C)/c1=C/N(C)CC(CCC)CCCC(=O)c1ccc(Oc2ccccc2F)cc1. The number of hydrogen-bond acceptors (Lipinski definition) is 5. The number of carbonyl (C=O) groups is 2. The fraction of sp³-hybridized carbons (Fsp3) is 0.371. The molecule has 224 valence electrons. The van der Waals surface area contributed by atoms with Gasteiger partial charge in [-0.15, -0.1) is 0 Å². The zero-order valence-electron chi connectivity index (χ0n) is 25.3. The number of ether oxygens (including phenoxy) is 2. The minimum atomic E-state index is -0.431. The standard InChI is InChI=1S/C35H43FN2O4/c1-6-10-27(23-38(4)24-31-25(2)15-20-30(26(31)3)35(40)37-21-22-41-5)11-9-13-33(39)28-16-18-29(19-17-28)42-34-14-8-7-12-32(34)36/h7-8,12,14-20,24,27H,2,6,9-11,13,21-23H2,1,3-5H3,(H,37,40)/b31-24+. The van der Waals surface area contributed by atoms with Crippen LogP contribution in [0.25, 0.3) is 12.8 Å². The van der Waals surface area contributed by atoms with E-state index in [-0.39, 0.29) is 17.4 Å². The summed E-state index contributed by atoms with van der Waals surface area (Å²) in [5, 5.41) is 4.71. The molecule has 0 aliphatic carbocycles. The van der Waals surface area contributed by atoms with Gasteiger partial charge >= 0.3 is 0 Å². The first-order valence-electron chi connectivity index (χ1n) is 14.6. The molecule has 0 aliphatic heterocycles. The van der Waals surface area contributed by atoms with Crippen LogP contribution in [0.4, 0.5) is 4.39 Å². The Balaban J connectivity index is 1.57. The average Bonchev–Trinajstić information content (AvgIpc) is 2.97. The molecule has 0 aromatic heterocycles. The number of nitrogens with one attached hydrogen (secondary N) is 1. The first kappa shape index (κ1) is 32.5. The Morgan fingerprint density at radius 3 is 2.50 bits per heavy atom. The van der Waals surface area contributed by atoms with Crippen molar-refractivity contribution in [3.63, 3.8) is 0 Å². The molecule has 1 atom stereocenters. The van der Waals surface area contributed by atoms with Gasteiger partial charge in [0, 0.05) is 56.2 Å². The highest BCUT2D eigenvalue weighted by atomic mass is 19.1. The van der Waals surface area contributed by atoms with Crippen molar-refractivity contribution in [3.05, 3.63) is 93.6 Å². The highest BCUT2D eigenvalue weighted by molar-refractivity contribution is 5.96. The number of para-hydroxylation sites is 1. The van der Waals surface area contributed by atoms with Crippen LogP contribution in [0.2, 0.25) is 0 Å². The van der Waals surface area contributed by atoms with Crippen molar-refractivity contribution in [2.75, 3.05) is 33.9 Å². The second-order valence-electron chi connectivity index (χ2n) is 10.7. The fourth-order valence-corrected chi connectivity index (χ4v) is 5.05. The number of hydrogen-bond donors (Lipinski definition) is 1. The molecule has 0 saturated heterocycles. The van der Waals surface area contributed by atoms with Gasteiger partial charge in [0.05, 0.1) is 6.61 Å². The third-order valence-corrected chi connectivity index (χ3v) is 7.29. The number of halogens is 1. The number of methoxy groups -OCH3 is 1. The molecule has 7 heteroatoms. The number of amides is 1. The molecule has 1 N–H and O–H groups in total. The average molecular weight is 575 g/mol. The Labute approximate surface area is 248 Å². The second-order valence-corrected chi connectivity index (χ2v) is 10.7. The van der Waals surface area contributed by atoms with Crippen molar-refractivity contribution in [3.8, 4) is 11.5 Å². The smallest absolute Gasteiger partial charge is 0.251 e. The predicted molar refractivity (Wildman–Crippen MR) is 167 cm³/mol. The normalized spacial score (nSPS) is 12.2. The summed E-state index contributed by atoms with van der Waals surface area (Å²) in [7, 11) is 3.65. The molecule has 0 radical (unpaired) electrons. The van der Waals surface area contributed by atoms with Crippen molar-refractivity contribution in [2.45, 2.75) is 46.0 Å². The summed E-state index contributed by atoms with van der Waals surface area (Å²) < 4.78 is 24.5. The molecule has 0 heterocycles. The van der Waals surface area contributed by atoms with Crippen LogP contribution in [0.3, 0.4) is 0 Å². The molecule has 3 aromatic rings. The largest absolute Gasteiger partial charge is 0.454 e. The number of ketones is 1. The van der Waals surface area contributed by atoms with Crippen LogP contribution in [0.15, 0.2) is 60.7 Å². The van der Waals surface area contributed by atoms with E-state index in [1.165, 1.54) is 6.07 Å². The molecule has 0 saturated carbocycles. The van der Waals surface area contributed by atoms with E-state index < -0.39 is 5.82 Å². The van der Waals surface area contributed by atoms with E-state index in [9.17, 15) is 14.0 Å². The molecular formula is C35H43FN2O4. The summed E-state index contributed by atoms with van der Waals surface area (Å²) in [5.74, 6) is 0.590. The van der Waals surface area contributed by atoms with Crippen molar-refractivity contribution in [1.29, 1.82) is 0 Å². The van der Waals surface area contributed by atoms with E-state index in [4.69, 9.17) is 9.47 Å². The Hall–Kier alpha value is -3.97. The Morgan fingerprint density at radius 2 is 1.81 bits per heavy atom. The molecule has 42 heavy (non-hydrogen) atoms. The number of rotatable bonds is 16. The maximum atomic E-state index is 13.9. The summed E-state index contributed by atoms with van der Waals surface area (Å²) in [6, 6.07) is 16.8. The van der Waals surface area contributed by atoms with Crippen LogP contribution in [-0.2, 0) is 4.74 Å². The van der Waals surface area contributed by atoms with Gasteiger partial charge in [-0.2, -0.15) is 0 Å². The predicted octanol–water partition coefficient (Wildman–Crippen LogP) is 5.85. The Kier molecular flexibility index (Phi) is 12.8. The Morgan fingerprint density at radius 1 is 1.07 bits per heavy atom. The molecule has 0 aliphatic rings. The van der Waals surface area contributed by atoms with E-state index in [2.05, 4.69) is 29.9 Å². The molecule has 1 amide bonds. The van der Waals surface area contributed by atoms with Crippen LogP contribution in [0.1, 0.15) is 65.3 Å². The van der Waals surface area contributed by atoms with Crippen molar-refractivity contribution in [2.24, 2.45) is 5.92 Å². The molecule has 1 unspecified atom stereocenters. The van der Waals surface area contributed by atoms with Crippen LogP contribution in [-0.4, -0.2) is 50.4 Å². The molecule has 3 aromatic carbocycles. The fourth-order valence-electron chi connectivity index (χ4n) is 5.05. The molecule has 0 spiro atoms. The molecule has 0 bridgehead atoms. The minimum Gasteiger partial charge on any atom is -0.454 e. The van der Waals surface area contributed by atoms with Gasteiger partial charge in [-0.1, -0.05) is 38.1 Å². The lowest BCUT2D eigenvalue weighted by molar-refractivity contribution is 0.0935. The highest BCUT2D eigenvalue weighted by Crippen LogP contribution is 2.25. The highest BCUT2D eigenvalue weighted by Gasteiger charge is 2.14. The maximum absolute atomic E-state index is 13.9. The van der Waals surface area contributed by atoms with Crippen LogP contribution in [0, 0.1) is 18.7 Å². The zero-order valence-corrected chi connectivity index (χ0v) is 25.3. The minimum absolute atomic E-state index is 0.0838. The number of Topliss-reactive ketones (excluding diaryl/α,β-unsaturated/α-hetero) is 1. The quantitative estimate of drug-likeness (QED) is 0.172. The van der Waals surface area contributed by atoms with Crippen molar-refractivity contribution >= 4 is 24.5 Å². The third-order valence-electron chi connectivity index (χ3n) is 7.29. The monoisotopic (exact) mass is 574 g/mol. The summed E-state index contributed by atoms with van der Waals surface area (Å²) in [6.45, 7) is 10.1. The molecule has 0 fully saturated rings. The first-order chi connectivity index (χ1) is 20.2. The van der Waals surface area contributed by atoms with Crippen molar-refractivity contribution in [1.82, 2.24) is 10.2 Å². The summed E-state index contributed by atoms with van der Waals surface area (Å²) in [6.07, 6.45) is 6.39. The van der Waals surface area contributed by atoms with Crippen LogP contribution in [0.5, 0.6) is 11.5 Å². The zero-order chi connectivity index (χ0) is 30.5. The number of carbonyl (C=O) groups excluding carboxylic acids is 2. The number of benzene rings is 3. The summed E-state index contributed by atoms with van der Waals surface area (Å²) >= 11 is 0. The van der Waals surface area contributed by atoms with Crippen LogP contribution >= 0.6 is 0 Å². The third kappa shape index (κ3) is 9.55. The summed E-state index contributed by atoms with van der Waals surface area (Å²) in [5.41, 5.74) is 2.15. The second kappa shape index (κ2) is 16.5. The van der Waals surface area contributed by atoms with E-state index in [0.717, 1.165) is 48.2 Å². The van der Waals surface area contributed by atoms with Gasteiger partial charge in [0.2, 0.25) is 0 Å². The van der Waals surface area contributed by atoms with E-state index in [1.54, 1.807) is 49.6 Å². The van der Waals surface area contributed by atoms with E-state index in [1.807, 2.05) is 26.1 Å². The van der Waals surface area contributed by atoms with Gasteiger partial charge in [-0.25, -0.2) is 4.39 Å². The van der Waals surface area contributed by atoms with E-state index >= 15 is 0 Å². The maximum Gasteiger partial charge on any atom is 0.251 e. The van der Waals surface area contributed by atoms with Gasteiger partial charge < -0.3 is 19.7 Å². The molecule has 3 rings (SSSR count). The first-order valence-corrected chi connectivity index (χ1v) is 14.6.